The van der Waals surface area contributed by atoms with Crippen molar-refractivity contribution in [3.05, 3.63) is 0 Å². The predicted octanol–water partition coefficient (Wildman–Crippen LogP) is 1.72. The molecule has 0 atom stereocenters. The van der Waals surface area contributed by atoms with Gasteiger partial charge in [-0.2, -0.15) is 0 Å². The van der Waals surface area contributed by atoms with Gasteiger partial charge in [-0.3, -0.25) is 5.41 Å². The van der Waals surface area contributed by atoms with E-state index in [1.54, 1.807) is 0 Å². The molecule has 1 rings (SSSR count). The van der Waals surface area contributed by atoms with Gasteiger partial charge in [0.2, 0.25) is 0 Å². The molecule has 1 aliphatic carbocycles. The van der Waals surface area contributed by atoms with Crippen LogP contribution >= 0.6 is 0 Å². The van der Waals surface area contributed by atoms with Crippen LogP contribution in [0.4, 0.5) is 0 Å². The van der Waals surface area contributed by atoms with Crippen molar-refractivity contribution in [2.24, 2.45) is 5.92 Å². The van der Waals surface area contributed by atoms with Gasteiger partial charge in [-0.25, -0.2) is 0 Å². The maximum Gasteiger partial charge on any atom is 0.0986 e. The zero-order valence-electron chi connectivity index (χ0n) is 6.85. The van der Waals surface area contributed by atoms with Crippen molar-refractivity contribution < 1.29 is 0 Å². The zero-order chi connectivity index (χ0) is 7.56. The fourth-order valence-corrected chi connectivity index (χ4v) is 1.12. The molecule has 2 heteroatoms. The molecule has 0 aromatic heterocycles. The van der Waals surface area contributed by atoms with Gasteiger partial charge < -0.3 is 4.90 Å². The van der Waals surface area contributed by atoms with Crippen LogP contribution in [-0.4, -0.2) is 24.3 Å². The van der Waals surface area contributed by atoms with Crippen molar-refractivity contribution in [2.45, 2.75) is 26.2 Å². The Hall–Kier alpha value is -0.530. The summed E-state index contributed by atoms with van der Waals surface area (Å²) < 4.78 is 0. The summed E-state index contributed by atoms with van der Waals surface area (Å²) in [5, 5.41) is 7.64. The van der Waals surface area contributed by atoms with Crippen molar-refractivity contribution in [1.29, 1.82) is 5.41 Å². The largest absolute Gasteiger partial charge is 0.363 e. The molecule has 0 unspecified atom stereocenters. The average molecular weight is 140 g/mol. The molecular formula is C8H16N2. The van der Waals surface area contributed by atoms with Gasteiger partial charge in [-0.15, -0.1) is 0 Å². The third kappa shape index (κ3) is 1.72. The third-order valence-electron chi connectivity index (χ3n) is 1.93. The van der Waals surface area contributed by atoms with Crippen LogP contribution in [0.5, 0.6) is 0 Å². The molecule has 1 saturated carbocycles. The lowest BCUT2D eigenvalue weighted by atomic mass is 10.3. The second kappa shape index (κ2) is 3.04. The van der Waals surface area contributed by atoms with Gasteiger partial charge in [-0.05, 0) is 19.3 Å². The highest BCUT2D eigenvalue weighted by atomic mass is 15.1. The first-order valence-corrected chi connectivity index (χ1v) is 4.05. The minimum atomic E-state index is 0.608. The van der Waals surface area contributed by atoms with E-state index < -0.39 is 0 Å². The molecule has 0 saturated heterocycles. The van der Waals surface area contributed by atoms with E-state index in [1.807, 2.05) is 7.05 Å². The highest BCUT2D eigenvalue weighted by molar-refractivity contribution is 5.83. The summed E-state index contributed by atoms with van der Waals surface area (Å²) in [6.45, 7) is 3.19. The standard InChI is InChI=1S/C8H16N2/c1-3-6-10(2)8(9)7-4-5-7/h7,9H,3-6H2,1-2H3. The summed E-state index contributed by atoms with van der Waals surface area (Å²) in [6, 6.07) is 0. The quantitative estimate of drug-likeness (QED) is 0.469. The number of nitrogens with zero attached hydrogens (tertiary/aromatic N) is 1. The zero-order valence-corrected chi connectivity index (χ0v) is 6.85. The van der Waals surface area contributed by atoms with Crippen LogP contribution in [0.15, 0.2) is 0 Å². The van der Waals surface area contributed by atoms with Crippen molar-refractivity contribution in [2.75, 3.05) is 13.6 Å². The Labute approximate surface area is 62.7 Å². The Balaban J connectivity index is 2.24. The average Bonchev–Trinajstić information content (AvgIpc) is 2.68. The summed E-state index contributed by atoms with van der Waals surface area (Å²) in [7, 11) is 2.02. The van der Waals surface area contributed by atoms with Crippen molar-refractivity contribution >= 4 is 5.84 Å². The SMILES string of the molecule is CCCN(C)C(=N)C1CC1. The molecular weight excluding hydrogens is 124 g/mol. The number of hydrogen-bond acceptors (Lipinski definition) is 1. The van der Waals surface area contributed by atoms with Crippen LogP contribution < -0.4 is 0 Å². The molecule has 10 heavy (non-hydrogen) atoms. The minimum absolute atomic E-state index is 0.608. The van der Waals surface area contributed by atoms with Crippen molar-refractivity contribution in [3.63, 3.8) is 0 Å². The molecule has 1 fully saturated rings. The van der Waals surface area contributed by atoms with Gasteiger partial charge in [0, 0.05) is 19.5 Å². The lowest BCUT2D eigenvalue weighted by molar-refractivity contribution is 0.483. The summed E-state index contributed by atoms with van der Waals surface area (Å²) in [6.07, 6.45) is 3.63. The van der Waals surface area contributed by atoms with Gasteiger partial charge >= 0.3 is 0 Å². The van der Waals surface area contributed by atoms with Gasteiger partial charge in [0.05, 0.1) is 5.84 Å². The second-order valence-electron chi connectivity index (χ2n) is 3.08. The van der Waals surface area contributed by atoms with E-state index in [0.717, 1.165) is 18.8 Å². The van der Waals surface area contributed by atoms with E-state index in [2.05, 4.69) is 11.8 Å². The molecule has 58 valence electrons. The normalized spacial score (nSPS) is 17.0. The smallest absolute Gasteiger partial charge is 0.0986 e. The maximum atomic E-state index is 7.64. The summed E-state index contributed by atoms with van der Waals surface area (Å²) in [4.78, 5) is 2.07. The summed E-state index contributed by atoms with van der Waals surface area (Å²) in [5.41, 5.74) is 0. The maximum absolute atomic E-state index is 7.64. The molecule has 0 bridgehead atoms. The van der Waals surface area contributed by atoms with Gasteiger partial charge in [0.25, 0.3) is 0 Å². The fraction of sp³-hybridized carbons (Fsp3) is 0.875. The predicted molar refractivity (Wildman–Crippen MR) is 43.4 cm³/mol. The summed E-state index contributed by atoms with van der Waals surface area (Å²) >= 11 is 0. The van der Waals surface area contributed by atoms with Crippen LogP contribution in [-0.2, 0) is 0 Å². The number of nitrogens with one attached hydrogen (secondary N) is 1. The molecule has 0 amide bonds. The molecule has 0 heterocycles. The molecule has 0 aliphatic heterocycles. The number of rotatable bonds is 3. The van der Waals surface area contributed by atoms with Crippen LogP contribution in [0, 0.1) is 11.3 Å². The van der Waals surface area contributed by atoms with Crippen LogP contribution in [0.1, 0.15) is 26.2 Å². The van der Waals surface area contributed by atoms with E-state index in [-0.39, 0.29) is 0 Å². The first-order valence-electron chi connectivity index (χ1n) is 4.05. The van der Waals surface area contributed by atoms with E-state index in [9.17, 15) is 0 Å². The Morgan fingerprint density at radius 1 is 1.60 bits per heavy atom. The van der Waals surface area contributed by atoms with E-state index in [1.165, 1.54) is 12.8 Å². The van der Waals surface area contributed by atoms with Crippen LogP contribution in [0.3, 0.4) is 0 Å². The van der Waals surface area contributed by atoms with E-state index in [4.69, 9.17) is 5.41 Å². The van der Waals surface area contributed by atoms with Gasteiger partial charge in [0.1, 0.15) is 0 Å². The lowest BCUT2D eigenvalue weighted by Gasteiger charge is -2.18. The lowest BCUT2D eigenvalue weighted by Crippen LogP contribution is -2.27. The van der Waals surface area contributed by atoms with Crippen molar-refractivity contribution in [1.82, 2.24) is 4.90 Å². The third-order valence-corrected chi connectivity index (χ3v) is 1.93. The van der Waals surface area contributed by atoms with Gasteiger partial charge in [0.15, 0.2) is 0 Å². The van der Waals surface area contributed by atoms with Crippen LogP contribution in [0.2, 0.25) is 0 Å². The van der Waals surface area contributed by atoms with Gasteiger partial charge in [-0.1, -0.05) is 6.92 Å². The van der Waals surface area contributed by atoms with Crippen molar-refractivity contribution in [3.8, 4) is 0 Å². The Morgan fingerprint density at radius 2 is 2.20 bits per heavy atom. The molecule has 0 spiro atoms. The Bertz CT molecular complexity index is 127. The first-order chi connectivity index (χ1) is 4.75. The molecule has 0 aromatic carbocycles. The number of hydrogen-bond donors (Lipinski definition) is 1. The molecule has 1 aliphatic rings. The Morgan fingerprint density at radius 3 is 2.60 bits per heavy atom. The van der Waals surface area contributed by atoms with Crippen LogP contribution in [0.25, 0.3) is 0 Å². The monoisotopic (exact) mass is 140 g/mol. The Kier molecular flexibility index (Phi) is 2.30. The minimum Gasteiger partial charge on any atom is -0.363 e. The molecule has 2 nitrogen and oxygen atoms in total. The molecule has 0 aromatic rings. The van der Waals surface area contributed by atoms with E-state index >= 15 is 0 Å². The second-order valence-corrected chi connectivity index (χ2v) is 3.08. The topological polar surface area (TPSA) is 27.1 Å². The fourth-order valence-electron chi connectivity index (χ4n) is 1.12. The highest BCUT2D eigenvalue weighted by Crippen LogP contribution is 2.30. The molecule has 0 radical (unpaired) electrons. The first kappa shape index (κ1) is 7.58. The summed E-state index contributed by atoms with van der Waals surface area (Å²) in [5.74, 6) is 1.46. The molecule has 1 N–H and O–H groups in total. The highest BCUT2D eigenvalue weighted by Gasteiger charge is 2.28. The number of amidine groups is 1. The van der Waals surface area contributed by atoms with E-state index in [0.29, 0.717) is 5.92 Å².